The molecule has 0 atom stereocenters. The van der Waals surface area contributed by atoms with Crippen molar-refractivity contribution in [3.8, 4) is 0 Å². The number of carboxylic acid groups (broad SMARTS) is 1. The third-order valence-corrected chi connectivity index (χ3v) is 2.97. The molecule has 2 aromatic heterocycles. The average molecular weight is 288 g/mol. The number of fused-ring (bicyclic) bond motifs is 1. The lowest BCUT2D eigenvalue weighted by Crippen LogP contribution is -2.35. The van der Waals surface area contributed by atoms with Crippen molar-refractivity contribution < 1.29 is 14.7 Å². The topological polar surface area (TPSA) is 87.8 Å². The Balaban J connectivity index is 2.46. The van der Waals surface area contributed by atoms with Crippen molar-refractivity contribution in [2.75, 3.05) is 13.1 Å². The molecule has 0 aliphatic carbocycles. The van der Waals surface area contributed by atoms with Crippen molar-refractivity contribution in [1.82, 2.24) is 19.5 Å². The smallest absolute Gasteiger partial charge is 0.323 e. The molecule has 110 valence electrons. The van der Waals surface area contributed by atoms with Crippen molar-refractivity contribution in [3.63, 3.8) is 0 Å². The van der Waals surface area contributed by atoms with Crippen molar-refractivity contribution >= 4 is 17.5 Å². The number of aryl methyl sites for hydroxylation is 2. The normalized spacial score (nSPS) is 10.6. The number of amides is 1. The summed E-state index contributed by atoms with van der Waals surface area (Å²) in [5.41, 5.74) is 2.33. The van der Waals surface area contributed by atoms with Crippen LogP contribution in [0.25, 0.3) is 5.65 Å². The molecule has 2 heterocycles. The first-order valence-corrected chi connectivity index (χ1v) is 6.38. The predicted molar refractivity (Wildman–Crippen MR) is 76.2 cm³/mol. The summed E-state index contributed by atoms with van der Waals surface area (Å²) in [5.74, 6) is -1.51. The lowest BCUT2D eigenvalue weighted by Gasteiger charge is -2.17. The lowest BCUT2D eigenvalue weighted by molar-refractivity contribution is -0.137. The SMILES string of the molecule is C=CCN(CC(=O)O)C(=O)c1cnn2c(C)cc(C)nc12. The molecule has 1 N–H and O–H groups in total. The van der Waals surface area contributed by atoms with Gasteiger partial charge in [0.1, 0.15) is 12.1 Å². The first-order chi connectivity index (χ1) is 9.93. The van der Waals surface area contributed by atoms with E-state index in [2.05, 4.69) is 16.7 Å². The molecular weight excluding hydrogens is 272 g/mol. The number of carboxylic acids is 1. The van der Waals surface area contributed by atoms with Crippen LogP contribution in [-0.4, -0.2) is 49.6 Å². The molecule has 0 unspecified atom stereocenters. The van der Waals surface area contributed by atoms with E-state index >= 15 is 0 Å². The fraction of sp³-hybridized carbons (Fsp3) is 0.286. The van der Waals surface area contributed by atoms with Gasteiger partial charge in [0.05, 0.1) is 6.20 Å². The lowest BCUT2D eigenvalue weighted by atomic mass is 10.2. The van der Waals surface area contributed by atoms with E-state index in [0.29, 0.717) is 5.65 Å². The number of hydrogen-bond acceptors (Lipinski definition) is 4. The Morgan fingerprint density at radius 2 is 2.19 bits per heavy atom. The summed E-state index contributed by atoms with van der Waals surface area (Å²) in [7, 11) is 0. The molecule has 0 aliphatic heterocycles. The molecule has 7 nitrogen and oxygen atoms in total. The monoisotopic (exact) mass is 288 g/mol. The van der Waals surface area contributed by atoms with Crippen LogP contribution in [0.2, 0.25) is 0 Å². The molecule has 0 aromatic carbocycles. The zero-order valence-electron chi connectivity index (χ0n) is 11.9. The van der Waals surface area contributed by atoms with Crippen LogP contribution in [0.15, 0.2) is 24.9 Å². The third-order valence-electron chi connectivity index (χ3n) is 2.97. The van der Waals surface area contributed by atoms with E-state index < -0.39 is 18.4 Å². The largest absolute Gasteiger partial charge is 0.480 e. The minimum absolute atomic E-state index is 0.146. The van der Waals surface area contributed by atoms with Crippen LogP contribution in [0.5, 0.6) is 0 Å². The van der Waals surface area contributed by atoms with Crippen LogP contribution < -0.4 is 0 Å². The molecule has 0 fully saturated rings. The molecule has 0 saturated heterocycles. The second-order valence-corrected chi connectivity index (χ2v) is 4.70. The van der Waals surface area contributed by atoms with Crippen molar-refractivity contribution in [3.05, 3.63) is 41.9 Å². The molecule has 0 radical (unpaired) electrons. The summed E-state index contributed by atoms with van der Waals surface area (Å²) in [6, 6.07) is 1.85. The molecular formula is C14H16N4O3. The maximum atomic E-state index is 12.5. The number of rotatable bonds is 5. The van der Waals surface area contributed by atoms with E-state index in [-0.39, 0.29) is 12.1 Å². The van der Waals surface area contributed by atoms with Crippen LogP contribution in [0.4, 0.5) is 0 Å². The summed E-state index contributed by atoms with van der Waals surface area (Å²) >= 11 is 0. The van der Waals surface area contributed by atoms with Gasteiger partial charge in [-0.3, -0.25) is 9.59 Å². The van der Waals surface area contributed by atoms with Crippen LogP contribution in [0.3, 0.4) is 0 Å². The quantitative estimate of drug-likeness (QED) is 0.831. The van der Waals surface area contributed by atoms with Gasteiger partial charge < -0.3 is 10.0 Å². The Morgan fingerprint density at radius 3 is 2.81 bits per heavy atom. The maximum Gasteiger partial charge on any atom is 0.323 e. The summed E-state index contributed by atoms with van der Waals surface area (Å²) in [5, 5.41) is 13.0. The molecule has 1 amide bonds. The van der Waals surface area contributed by atoms with E-state index in [1.807, 2.05) is 19.9 Å². The molecule has 0 bridgehead atoms. The van der Waals surface area contributed by atoms with Crippen LogP contribution in [0, 0.1) is 13.8 Å². The minimum Gasteiger partial charge on any atom is -0.480 e. The highest BCUT2D eigenvalue weighted by molar-refractivity contribution is 6.00. The summed E-state index contributed by atoms with van der Waals surface area (Å²) in [6.45, 7) is 6.98. The second-order valence-electron chi connectivity index (χ2n) is 4.70. The van der Waals surface area contributed by atoms with Gasteiger partial charge in [-0.1, -0.05) is 6.08 Å². The first kappa shape index (κ1) is 14.7. The molecule has 21 heavy (non-hydrogen) atoms. The Labute approximate surface area is 121 Å². The van der Waals surface area contributed by atoms with Crippen LogP contribution >= 0.6 is 0 Å². The van der Waals surface area contributed by atoms with E-state index in [1.54, 1.807) is 4.52 Å². The summed E-state index contributed by atoms with van der Waals surface area (Å²) in [4.78, 5) is 28.9. The van der Waals surface area contributed by atoms with Crippen LogP contribution in [0.1, 0.15) is 21.7 Å². The number of hydrogen-bond donors (Lipinski definition) is 1. The van der Waals surface area contributed by atoms with Gasteiger partial charge in [0.2, 0.25) is 0 Å². The average Bonchev–Trinajstić information content (AvgIpc) is 2.80. The Bertz CT molecular complexity index is 720. The number of nitrogens with zero attached hydrogens (tertiary/aromatic N) is 4. The summed E-state index contributed by atoms with van der Waals surface area (Å²) in [6.07, 6.45) is 2.89. The fourth-order valence-electron chi connectivity index (χ4n) is 2.13. The first-order valence-electron chi connectivity index (χ1n) is 6.38. The molecule has 2 rings (SSSR count). The number of aliphatic carboxylic acids is 1. The highest BCUT2D eigenvalue weighted by Gasteiger charge is 2.22. The third kappa shape index (κ3) is 2.91. The van der Waals surface area contributed by atoms with Gasteiger partial charge in [0, 0.05) is 17.9 Å². The Kier molecular flexibility index (Phi) is 4.02. The van der Waals surface area contributed by atoms with Crippen LogP contribution in [-0.2, 0) is 4.79 Å². The van der Waals surface area contributed by atoms with Crippen molar-refractivity contribution in [2.45, 2.75) is 13.8 Å². The predicted octanol–water partition coefficient (Wildman–Crippen LogP) is 1.06. The van der Waals surface area contributed by atoms with Crippen molar-refractivity contribution in [2.24, 2.45) is 0 Å². The highest BCUT2D eigenvalue weighted by atomic mass is 16.4. The van der Waals surface area contributed by atoms with Gasteiger partial charge >= 0.3 is 5.97 Å². The van der Waals surface area contributed by atoms with Gasteiger partial charge in [-0.05, 0) is 19.9 Å². The minimum atomic E-state index is -1.08. The summed E-state index contributed by atoms with van der Waals surface area (Å²) < 4.78 is 1.56. The number of aromatic nitrogens is 3. The second kappa shape index (κ2) is 5.74. The highest BCUT2D eigenvalue weighted by Crippen LogP contribution is 2.14. The van der Waals surface area contributed by atoms with E-state index in [0.717, 1.165) is 11.4 Å². The Hall–Kier alpha value is -2.70. The zero-order valence-corrected chi connectivity index (χ0v) is 11.9. The van der Waals surface area contributed by atoms with E-state index in [9.17, 15) is 9.59 Å². The number of carbonyl (C=O) groups is 2. The standard InChI is InChI=1S/C14H16N4O3/c1-4-5-17(8-12(19)20)14(21)11-7-15-18-10(3)6-9(2)16-13(11)18/h4,6-7H,1,5,8H2,2-3H3,(H,19,20). The molecule has 2 aromatic rings. The molecule has 7 heteroatoms. The van der Waals surface area contributed by atoms with Gasteiger partial charge in [-0.2, -0.15) is 5.10 Å². The molecule has 0 saturated carbocycles. The van der Waals surface area contributed by atoms with Gasteiger partial charge in [-0.15, -0.1) is 6.58 Å². The van der Waals surface area contributed by atoms with E-state index in [4.69, 9.17) is 5.11 Å². The maximum absolute atomic E-state index is 12.5. The van der Waals surface area contributed by atoms with Gasteiger partial charge in [0.15, 0.2) is 5.65 Å². The van der Waals surface area contributed by atoms with E-state index in [1.165, 1.54) is 17.2 Å². The number of carbonyl (C=O) groups excluding carboxylic acids is 1. The van der Waals surface area contributed by atoms with Gasteiger partial charge in [-0.25, -0.2) is 9.50 Å². The molecule has 0 spiro atoms. The van der Waals surface area contributed by atoms with Gasteiger partial charge in [0.25, 0.3) is 5.91 Å². The fourth-order valence-corrected chi connectivity index (χ4v) is 2.13. The Morgan fingerprint density at radius 1 is 1.48 bits per heavy atom. The van der Waals surface area contributed by atoms with Crippen molar-refractivity contribution in [1.29, 1.82) is 0 Å². The molecule has 0 aliphatic rings. The zero-order chi connectivity index (χ0) is 15.6.